The second-order valence-electron chi connectivity index (χ2n) is 7.84. The van der Waals surface area contributed by atoms with Gasteiger partial charge in [0.1, 0.15) is 11.3 Å². The van der Waals surface area contributed by atoms with Crippen LogP contribution in [-0.2, 0) is 5.60 Å². The van der Waals surface area contributed by atoms with Gasteiger partial charge in [-0.15, -0.1) is 0 Å². The van der Waals surface area contributed by atoms with Crippen molar-refractivity contribution in [3.63, 3.8) is 0 Å². The summed E-state index contributed by atoms with van der Waals surface area (Å²) in [5, 5.41) is 41.0. The first-order valence-electron chi connectivity index (χ1n) is 10.1. The highest BCUT2D eigenvalue weighted by Gasteiger charge is 2.38. The van der Waals surface area contributed by atoms with Crippen LogP contribution in [0.2, 0.25) is 0 Å². The van der Waals surface area contributed by atoms with Crippen LogP contribution in [0.3, 0.4) is 0 Å². The topological polar surface area (TPSA) is 120 Å². The maximum atomic E-state index is 12.6. The fraction of sp³-hybridized carbons (Fsp3) is 0.545. The van der Waals surface area contributed by atoms with Gasteiger partial charge in [-0.1, -0.05) is 44.6 Å². The SMILES string of the molecule is CCC(C)/C=C/C=C/CCC(=O)c1c(O)c(C2(O)CCC(O)CC2)cn(O)c1=O. The van der Waals surface area contributed by atoms with E-state index in [0.717, 1.165) is 12.6 Å². The summed E-state index contributed by atoms with van der Waals surface area (Å²) in [7, 11) is 0. The van der Waals surface area contributed by atoms with Crippen LogP contribution in [0, 0.1) is 5.92 Å². The maximum Gasteiger partial charge on any atom is 0.297 e. The molecular formula is C22H31NO6. The molecule has 7 nitrogen and oxygen atoms in total. The molecule has 0 saturated heterocycles. The van der Waals surface area contributed by atoms with Gasteiger partial charge in [-0.05, 0) is 38.0 Å². The first kappa shape index (κ1) is 22.9. The second-order valence-corrected chi connectivity index (χ2v) is 7.84. The van der Waals surface area contributed by atoms with E-state index in [-0.39, 0.29) is 29.6 Å². The number of nitrogens with zero attached hydrogens (tertiary/aromatic N) is 1. The van der Waals surface area contributed by atoms with Crippen molar-refractivity contribution in [3.8, 4) is 5.75 Å². The normalized spacial score (nSPS) is 23.7. The van der Waals surface area contributed by atoms with Gasteiger partial charge in [-0.25, -0.2) is 0 Å². The number of rotatable bonds is 8. The summed E-state index contributed by atoms with van der Waals surface area (Å²) in [4.78, 5) is 24.8. The van der Waals surface area contributed by atoms with Crippen molar-refractivity contribution < 1.29 is 25.3 Å². The third kappa shape index (κ3) is 5.58. The number of aliphatic hydroxyl groups excluding tert-OH is 1. The fourth-order valence-electron chi connectivity index (χ4n) is 3.44. The molecule has 1 aliphatic carbocycles. The van der Waals surface area contributed by atoms with Crippen molar-refractivity contribution in [2.75, 3.05) is 0 Å². The summed E-state index contributed by atoms with van der Waals surface area (Å²) in [6.45, 7) is 4.20. The molecule has 1 aliphatic rings. The number of aromatic hydroxyl groups is 1. The van der Waals surface area contributed by atoms with E-state index < -0.39 is 34.4 Å². The van der Waals surface area contributed by atoms with Crippen LogP contribution in [-0.4, -0.2) is 37.1 Å². The Morgan fingerprint density at radius 3 is 2.62 bits per heavy atom. The van der Waals surface area contributed by atoms with Gasteiger partial charge in [-0.2, -0.15) is 4.73 Å². The third-order valence-electron chi connectivity index (χ3n) is 5.60. The Morgan fingerprint density at radius 2 is 2.00 bits per heavy atom. The van der Waals surface area contributed by atoms with E-state index in [4.69, 9.17) is 0 Å². The molecule has 0 spiro atoms. The van der Waals surface area contributed by atoms with Gasteiger partial charge in [0.25, 0.3) is 5.56 Å². The predicted molar refractivity (Wildman–Crippen MR) is 109 cm³/mol. The number of hydrogen-bond donors (Lipinski definition) is 4. The summed E-state index contributed by atoms with van der Waals surface area (Å²) in [5.74, 6) is -0.729. The van der Waals surface area contributed by atoms with Crippen molar-refractivity contribution in [2.24, 2.45) is 5.92 Å². The van der Waals surface area contributed by atoms with Crippen LogP contribution in [0.5, 0.6) is 5.75 Å². The molecule has 29 heavy (non-hydrogen) atoms. The highest BCUT2D eigenvalue weighted by atomic mass is 16.5. The predicted octanol–water partition coefficient (Wildman–Crippen LogP) is 3.04. The molecule has 1 aromatic heterocycles. The van der Waals surface area contributed by atoms with Gasteiger partial charge in [0, 0.05) is 12.0 Å². The molecule has 0 bridgehead atoms. The Morgan fingerprint density at radius 1 is 1.34 bits per heavy atom. The van der Waals surface area contributed by atoms with E-state index in [1.807, 2.05) is 12.2 Å². The van der Waals surface area contributed by atoms with Gasteiger partial charge >= 0.3 is 0 Å². The number of ketones is 1. The largest absolute Gasteiger partial charge is 0.507 e. The van der Waals surface area contributed by atoms with Gasteiger partial charge in [-0.3, -0.25) is 9.59 Å². The molecule has 1 atom stereocenters. The summed E-state index contributed by atoms with van der Waals surface area (Å²) >= 11 is 0. The first-order valence-corrected chi connectivity index (χ1v) is 10.1. The van der Waals surface area contributed by atoms with Gasteiger partial charge in [0.2, 0.25) is 0 Å². The molecule has 1 saturated carbocycles. The van der Waals surface area contributed by atoms with E-state index in [2.05, 4.69) is 19.9 Å². The van der Waals surface area contributed by atoms with Crippen molar-refractivity contribution in [1.82, 2.24) is 4.73 Å². The van der Waals surface area contributed by atoms with Gasteiger partial charge < -0.3 is 20.5 Å². The molecule has 0 aromatic carbocycles. The van der Waals surface area contributed by atoms with Crippen LogP contribution in [0.1, 0.15) is 74.7 Å². The number of allylic oxidation sites excluding steroid dienone is 4. The number of carbonyl (C=O) groups excluding carboxylic acids is 1. The lowest BCUT2D eigenvalue weighted by Crippen LogP contribution is -2.36. The molecule has 0 amide bonds. The summed E-state index contributed by atoms with van der Waals surface area (Å²) in [5.41, 5.74) is -3.12. The average Bonchev–Trinajstić information content (AvgIpc) is 2.69. The lowest BCUT2D eigenvalue weighted by atomic mass is 9.78. The highest BCUT2D eigenvalue weighted by Crippen LogP contribution is 2.41. The molecule has 1 aromatic rings. The molecule has 2 rings (SSSR count). The van der Waals surface area contributed by atoms with E-state index in [0.29, 0.717) is 25.2 Å². The minimum atomic E-state index is -1.52. The molecule has 1 heterocycles. The zero-order chi connectivity index (χ0) is 21.6. The molecular weight excluding hydrogens is 374 g/mol. The number of pyridine rings is 1. The van der Waals surface area contributed by atoms with Crippen molar-refractivity contribution in [3.05, 3.63) is 52.0 Å². The first-order chi connectivity index (χ1) is 13.7. The molecule has 0 radical (unpaired) electrons. The van der Waals surface area contributed by atoms with Crippen LogP contribution in [0.4, 0.5) is 0 Å². The standard InChI is InChI=1S/C22H31NO6/c1-3-15(2)8-6-4-5-7-9-18(25)19-20(26)17(14-23(29)21(19)27)22(28)12-10-16(24)11-13-22/h4-6,8,14-16,24,26,28-29H,3,7,9-13H2,1-2H3/b5-4+,8-6+. The van der Waals surface area contributed by atoms with Crippen LogP contribution < -0.4 is 5.56 Å². The average molecular weight is 405 g/mol. The quantitative estimate of drug-likeness (QED) is 0.300. The van der Waals surface area contributed by atoms with Gasteiger partial charge in [0.15, 0.2) is 5.78 Å². The monoisotopic (exact) mass is 405 g/mol. The smallest absolute Gasteiger partial charge is 0.297 e. The lowest BCUT2D eigenvalue weighted by molar-refractivity contribution is -0.0389. The van der Waals surface area contributed by atoms with E-state index >= 15 is 0 Å². The zero-order valence-corrected chi connectivity index (χ0v) is 17.0. The fourth-order valence-corrected chi connectivity index (χ4v) is 3.44. The third-order valence-corrected chi connectivity index (χ3v) is 5.60. The van der Waals surface area contributed by atoms with Crippen molar-refractivity contribution in [1.29, 1.82) is 0 Å². The van der Waals surface area contributed by atoms with E-state index in [1.54, 1.807) is 6.08 Å². The highest BCUT2D eigenvalue weighted by molar-refractivity contribution is 5.98. The summed E-state index contributed by atoms with van der Waals surface area (Å²) in [6.07, 6.45) is 10.3. The minimum Gasteiger partial charge on any atom is -0.507 e. The number of aliphatic hydroxyl groups is 2. The minimum absolute atomic E-state index is 0.0168. The Bertz CT molecular complexity index is 830. The summed E-state index contributed by atoms with van der Waals surface area (Å²) in [6, 6.07) is 0. The lowest BCUT2D eigenvalue weighted by Gasteiger charge is -2.35. The molecule has 1 fully saturated rings. The molecule has 1 unspecified atom stereocenters. The Labute approximate surface area is 170 Å². The van der Waals surface area contributed by atoms with Crippen LogP contribution in [0.15, 0.2) is 35.3 Å². The van der Waals surface area contributed by atoms with Crippen LogP contribution >= 0.6 is 0 Å². The Kier molecular flexibility index (Phi) is 7.81. The number of carbonyl (C=O) groups is 1. The number of aromatic nitrogens is 1. The van der Waals surface area contributed by atoms with Gasteiger partial charge in [0.05, 0.1) is 17.9 Å². The Hall–Kier alpha value is -2.38. The Balaban J connectivity index is 2.19. The number of Topliss-reactive ketones (excluding diaryl/α,β-unsaturated/α-hetero) is 1. The summed E-state index contributed by atoms with van der Waals surface area (Å²) < 4.78 is 0.232. The maximum absolute atomic E-state index is 12.6. The zero-order valence-electron chi connectivity index (χ0n) is 17.0. The molecule has 4 N–H and O–H groups in total. The molecule has 0 aliphatic heterocycles. The molecule has 7 heteroatoms. The van der Waals surface area contributed by atoms with Crippen molar-refractivity contribution >= 4 is 5.78 Å². The molecule has 160 valence electrons. The van der Waals surface area contributed by atoms with E-state index in [1.165, 1.54) is 0 Å². The number of hydrogen-bond acceptors (Lipinski definition) is 6. The second kappa shape index (κ2) is 9.89. The van der Waals surface area contributed by atoms with Crippen LogP contribution in [0.25, 0.3) is 0 Å². The van der Waals surface area contributed by atoms with E-state index in [9.17, 15) is 30.1 Å². The van der Waals surface area contributed by atoms with Crippen molar-refractivity contribution in [2.45, 2.75) is 70.5 Å².